The molecule has 0 amide bonds. The first-order chi connectivity index (χ1) is 7.36. The second-order valence-corrected chi connectivity index (χ2v) is 5.40. The molecular weight excluding hydrogens is 226 g/mol. The standard InChI is InChI=1S/C11H15NOS2/c12-6-7-14-11(8-13)9-15-10-4-2-1-3-5-10/h1-5,8,11H,6-7,9,12H2. The van der Waals surface area contributed by atoms with Crippen LogP contribution in [0, 0.1) is 0 Å². The van der Waals surface area contributed by atoms with E-state index in [4.69, 9.17) is 5.73 Å². The highest BCUT2D eigenvalue weighted by atomic mass is 32.2. The number of benzene rings is 1. The van der Waals surface area contributed by atoms with Crippen LogP contribution in [0.2, 0.25) is 0 Å². The third-order valence-electron chi connectivity index (χ3n) is 1.76. The van der Waals surface area contributed by atoms with Crippen LogP contribution in [0.25, 0.3) is 0 Å². The smallest absolute Gasteiger partial charge is 0.133 e. The fourth-order valence-electron chi connectivity index (χ4n) is 1.04. The summed E-state index contributed by atoms with van der Waals surface area (Å²) in [4.78, 5) is 12.0. The lowest BCUT2D eigenvalue weighted by molar-refractivity contribution is -0.107. The van der Waals surface area contributed by atoms with E-state index in [2.05, 4.69) is 12.1 Å². The van der Waals surface area contributed by atoms with Crippen molar-refractivity contribution >= 4 is 29.8 Å². The van der Waals surface area contributed by atoms with Crippen molar-refractivity contribution in [3.63, 3.8) is 0 Å². The molecule has 0 fully saturated rings. The molecule has 0 saturated carbocycles. The molecule has 2 nitrogen and oxygen atoms in total. The first-order valence-corrected chi connectivity index (χ1v) is 6.85. The third kappa shape index (κ3) is 5.25. The van der Waals surface area contributed by atoms with Crippen molar-refractivity contribution in [2.75, 3.05) is 18.1 Å². The van der Waals surface area contributed by atoms with Gasteiger partial charge in [-0.2, -0.15) is 0 Å². The van der Waals surface area contributed by atoms with Gasteiger partial charge in [0.05, 0.1) is 5.25 Å². The maximum absolute atomic E-state index is 10.8. The molecule has 0 spiro atoms. The highest BCUT2D eigenvalue weighted by molar-refractivity contribution is 8.03. The topological polar surface area (TPSA) is 43.1 Å². The monoisotopic (exact) mass is 241 g/mol. The van der Waals surface area contributed by atoms with Gasteiger partial charge in [-0.3, -0.25) is 0 Å². The molecular formula is C11H15NOS2. The van der Waals surface area contributed by atoms with Gasteiger partial charge in [-0.25, -0.2) is 0 Å². The molecule has 1 unspecified atom stereocenters. The Bertz CT molecular complexity index is 279. The molecule has 15 heavy (non-hydrogen) atoms. The Hall–Kier alpha value is -0.450. The van der Waals surface area contributed by atoms with Gasteiger partial charge in [0.15, 0.2) is 0 Å². The number of aldehydes is 1. The van der Waals surface area contributed by atoms with E-state index in [0.717, 1.165) is 17.8 Å². The molecule has 1 aromatic carbocycles. The van der Waals surface area contributed by atoms with Gasteiger partial charge in [0, 0.05) is 22.9 Å². The van der Waals surface area contributed by atoms with E-state index >= 15 is 0 Å². The van der Waals surface area contributed by atoms with Crippen molar-refractivity contribution in [1.29, 1.82) is 0 Å². The average molecular weight is 241 g/mol. The Balaban J connectivity index is 2.31. The lowest BCUT2D eigenvalue weighted by Gasteiger charge is -2.08. The van der Waals surface area contributed by atoms with E-state index in [1.54, 1.807) is 23.5 Å². The van der Waals surface area contributed by atoms with E-state index in [9.17, 15) is 4.79 Å². The maximum Gasteiger partial charge on any atom is 0.133 e. The highest BCUT2D eigenvalue weighted by Crippen LogP contribution is 2.21. The third-order valence-corrected chi connectivity index (χ3v) is 4.28. The van der Waals surface area contributed by atoms with E-state index in [1.807, 2.05) is 18.2 Å². The number of hydrogen-bond acceptors (Lipinski definition) is 4. The summed E-state index contributed by atoms with van der Waals surface area (Å²) in [5, 5.41) is 0.0544. The van der Waals surface area contributed by atoms with Crippen LogP contribution < -0.4 is 5.73 Å². The number of carbonyl (C=O) groups is 1. The molecule has 1 aromatic rings. The zero-order valence-corrected chi connectivity index (χ0v) is 10.1. The summed E-state index contributed by atoms with van der Waals surface area (Å²) in [7, 11) is 0. The molecule has 0 aliphatic carbocycles. The average Bonchev–Trinajstić information content (AvgIpc) is 2.31. The Kier molecular flexibility index (Phi) is 6.55. The summed E-state index contributed by atoms with van der Waals surface area (Å²) in [6.07, 6.45) is 1.01. The normalized spacial score (nSPS) is 12.3. The maximum atomic E-state index is 10.8. The van der Waals surface area contributed by atoms with Crippen LogP contribution in [0.1, 0.15) is 0 Å². The van der Waals surface area contributed by atoms with Crippen LogP contribution in [0.4, 0.5) is 0 Å². The van der Waals surface area contributed by atoms with Gasteiger partial charge in [0.25, 0.3) is 0 Å². The molecule has 0 heterocycles. The molecule has 1 rings (SSSR count). The second-order valence-electron chi connectivity index (χ2n) is 2.96. The molecule has 0 aliphatic heterocycles. The highest BCUT2D eigenvalue weighted by Gasteiger charge is 2.07. The molecule has 0 saturated heterocycles. The second kappa shape index (κ2) is 7.79. The number of carbonyl (C=O) groups excluding carboxylic acids is 1. The van der Waals surface area contributed by atoms with Gasteiger partial charge in [0.1, 0.15) is 6.29 Å². The van der Waals surface area contributed by atoms with Crippen molar-refractivity contribution < 1.29 is 4.79 Å². The summed E-state index contributed by atoms with van der Waals surface area (Å²) in [6.45, 7) is 0.630. The summed E-state index contributed by atoms with van der Waals surface area (Å²) in [5.41, 5.74) is 5.40. The first-order valence-electron chi connectivity index (χ1n) is 4.81. The number of rotatable bonds is 7. The lowest BCUT2D eigenvalue weighted by atomic mass is 10.4. The van der Waals surface area contributed by atoms with E-state index in [-0.39, 0.29) is 5.25 Å². The molecule has 0 bridgehead atoms. The summed E-state index contributed by atoms with van der Waals surface area (Å²) < 4.78 is 0. The van der Waals surface area contributed by atoms with Crippen molar-refractivity contribution in [1.82, 2.24) is 0 Å². The van der Waals surface area contributed by atoms with Crippen LogP contribution in [0.3, 0.4) is 0 Å². The van der Waals surface area contributed by atoms with E-state index in [1.165, 1.54) is 4.90 Å². The minimum atomic E-state index is 0.0544. The fourth-order valence-corrected chi connectivity index (χ4v) is 2.93. The zero-order chi connectivity index (χ0) is 10.9. The van der Waals surface area contributed by atoms with Crippen LogP contribution in [-0.4, -0.2) is 29.6 Å². The molecule has 4 heteroatoms. The van der Waals surface area contributed by atoms with E-state index in [0.29, 0.717) is 6.54 Å². The fraction of sp³-hybridized carbons (Fsp3) is 0.364. The van der Waals surface area contributed by atoms with E-state index < -0.39 is 0 Å². The quantitative estimate of drug-likeness (QED) is 0.586. The minimum absolute atomic E-state index is 0.0544. The van der Waals surface area contributed by atoms with Crippen molar-refractivity contribution in [2.45, 2.75) is 10.1 Å². The molecule has 82 valence electrons. The molecule has 0 radical (unpaired) electrons. The van der Waals surface area contributed by atoms with Gasteiger partial charge >= 0.3 is 0 Å². The predicted molar refractivity (Wildman–Crippen MR) is 68.5 cm³/mol. The molecule has 0 aliphatic rings. The zero-order valence-electron chi connectivity index (χ0n) is 8.46. The van der Waals surface area contributed by atoms with Crippen molar-refractivity contribution in [3.8, 4) is 0 Å². The first kappa shape index (κ1) is 12.6. The summed E-state index contributed by atoms with van der Waals surface area (Å²) >= 11 is 3.34. The SMILES string of the molecule is NCCSC(C=O)CSc1ccccc1. The molecule has 0 aromatic heterocycles. The summed E-state index contributed by atoms with van der Waals surface area (Å²) in [5.74, 6) is 1.66. The number of hydrogen-bond donors (Lipinski definition) is 1. The number of nitrogens with two attached hydrogens (primary N) is 1. The molecule has 2 N–H and O–H groups in total. The van der Waals surface area contributed by atoms with Gasteiger partial charge in [-0.1, -0.05) is 18.2 Å². The van der Waals surface area contributed by atoms with Gasteiger partial charge in [-0.05, 0) is 12.1 Å². The Morgan fingerprint density at radius 3 is 2.67 bits per heavy atom. The largest absolute Gasteiger partial charge is 0.330 e. The van der Waals surface area contributed by atoms with Crippen molar-refractivity contribution in [3.05, 3.63) is 30.3 Å². The van der Waals surface area contributed by atoms with Gasteiger partial charge < -0.3 is 10.5 Å². The Morgan fingerprint density at radius 1 is 1.33 bits per heavy atom. The lowest BCUT2D eigenvalue weighted by Crippen LogP contribution is -2.12. The van der Waals surface area contributed by atoms with Gasteiger partial charge in [0.2, 0.25) is 0 Å². The molecule has 1 atom stereocenters. The predicted octanol–water partition coefficient (Wildman–Crippen LogP) is 2.04. The van der Waals surface area contributed by atoms with Crippen LogP contribution in [0.15, 0.2) is 35.2 Å². The number of thioether (sulfide) groups is 2. The van der Waals surface area contributed by atoms with Crippen molar-refractivity contribution in [2.24, 2.45) is 5.73 Å². The van der Waals surface area contributed by atoms with Crippen LogP contribution >= 0.6 is 23.5 Å². The minimum Gasteiger partial charge on any atom is -0.330 e. The van der Waals surface area contributed by atoms with Crippen LogP contribution in [0.5, 0.6) is 0 Å². The van der Waals surface area contributed by atoms with Gasteiger partial charge in [-0.15, -0.1) is 23.5 Å². The summed E-state index contributed by atoms with van der Waals surface area (Å²) in [6, 6.07) is 10.1. The van der Waals surface area contributed by atoms with Crippen LogP contribution in [-0.2, 0) is 4.79 Å². The Labute approximate surface area is 99.0 Å². The Morgan fingerprint density at radius 2 is 2.07 bits per heavy atom.